The summed E-state index contributed by atoms with van der Waals surface area (Å²) < 4.78 is 5.47. The summed E-state index contributed by atoms with van der Waals surface area (Å²) in [6, 6.07) is 3.89. The van der Waals surface area contributed by atoms with E-state index < -0.39 is 5.97 Å². The van der Waals surface area contributed by atoms with Crippen LogP contribution < -0.4 is 10.2 Å². The number of carbonyl (C=O) groups is 1. The second-order valence-electron chi connectivity index (χ2n) is 6.00. The largest absolute Gasteiger partial charge is 0.475 e. The highest BCUT2D eigenvalue weighted by atomic mass is 35.5. The first-order chi connectivity index (χ1) is 12.3. The SMILES string of the molecule is Cl.O=C=C(OC1CCNCC1)C(=O)ON1CCN(c2ccncc2)CC1. The Morgan fingerprint density at radius 3 is 2.42 bits per heavy atom. The second-order valence-corrected chi connectivity index (χ2v) is 6.00. The normalized spacial score (nSPS) is 18.4. The lowest BCUT2D eigenvalue weighted by atomic mass is 10.1. The first-order valence-corrected chi connectivity index (χ1v) is 8.51. The van der Waals surface area contributed by atoms with E-state index in [0.717, 1.165) is 31.6 Å². The molecule has 8 nitrogen and oxygen atoms in total. The summed E-state index contributed by atoms with van der Waals surface area (Å²) in [4.78, 5) is 34.7. The molecule has 1 N–H and O–H groups in total. The molecule has 1 aromatic rings. The molecule has 9 heteroatoms. The highest BCUT2D eigenvalue weighted by molar-refractivity contribution is 5.94. The van der Waals surface area contributed by atoms with Crippen LogP contribution in [0.1, 0.15) is 12.8 Å². The third-order valence-corrected chi connectivity index (χ3v) is 4.33. The van der Waals surface area contributed by atoms with Gasteiger partial charge in [-0.25, -0.2) is 9.59 Å². The predicted octanol–water partition coefficient (Wildman–Crippen LogP) is 0.568. The number of aromatic nitrogens is 1. The van der Waals surface area contributed by atoms with Crippen LogP contribution >= 0.6 is 12.4 Å². The summed E-state index contributed by atoms with van der Waals surface area (Å²) in [6.07, 6.45) is 4.86. The van der Waals surface area contributed by atoms with Gasteiger partial charge in [-0.3, -0.25) is 4.98 Å². The van der Waals surface area contributed by atoms with Gasteiger partial charge in [0.2, 0.25) is 0 Å². The minimum atomic E-state index is -0.772. The number of halogens is 1. The summed E-state index contributed by atoms with van der Waals surface area (Å²) >= 11 is 0. The molecule has 1 aromatic heterocycles. The van der Waals surface area contributed by atoms with E-state index >= 15 is 0 Å². The van der Waals surface area contributed by atoms with E-state index in [1.165, 1.54) is 0 Å². The highest BCUT2D eigenvalue weighted by Gasteiger charge is 2.26. The van der Waals surface area contributed by atoms with Crippen molar-refractivity contribution in [3.05, 3.63) is 30.3 Å². The molecule has 2 aliphatic rings. The van der Waals surface area contributed by atoms with Gasteiger partial charge in [-0.2, -0.15) is 0 Å². The van der Waals surface area contributed by atoms with Crippen molar-refractivity contribution in [3.8, 4) is 0 Å². The fourth-order valence-corrected chi connectivity index (χ4v) is 2.94. The van der Waals surface area contributed by atoms with Crippen molar-refractivity contribution in [1.29, 1.82) is 0 Å². The minimum Gasteiger partial charge on any atom is -0.475 e. The van der Waals surface area contributed by atoms with Crippen molar-refractivity contribution < 1.29 is 19.2 Å². The van der Waals surface area contributed by atoms with Gasteiger partial charge in [-0.1, -0.05) is 0 Å². The van der Waals surface area contributed by atoms with Crippen molar-refractivity contribution >= 4 is 30.0 Å². The molecule has 26 heavy (non-hydrogen) atoms. The molecule has 2 fully saturated rings. The Morgan fingerprint density at radius 2 is 1.81 bits per heavy atom. The number of pyridine rings is 1. The quantitative estimate of drug-likeness (QED) is 0.449. The lowest BCUT2D eigenvalue weighted by Gasteiger charge is -2.34. The van der Waals surface area contributed by atoms with Crippen molar-refractivity contribution in [2.75, 3.05) is 44.2 Å². The van der Waals surface area contributed by atoms with Crippen LogP contribution in [-0.4, -0.2) is 67.3 Å². The molecule has 2 saturated heterocycles. The number of anilines is 1. The molecule has 0 atom stereocenters. The summed E-state index contributed by atoms with van der Waals surface area (Å²) in [5, 5.41) is 4.76. The standard InChI is InChI=1S/C17H22N4O4.ClH/c22-13-16(24-15-3-7-19-8-4-15)17(23)25-21-11-9-20(10-12-21)14-1-5-18-6-2-14;/h1-2,5-6,15,19H,3-4,7-12H2;1H. The number of hydroxylamine groups is 2. The Labute approximate surface area is 158 Å². The van der Waals surface area contributed by atoms with Crippen LogP contribution in [0.2, 0.25) is 0 Å². The Kier molecular flexibility index (Phi) is 7.87. The number of hydrogen-bond donors (Lipinski definition) is 1. The van der Waals surface area contributed by atoms with Crippen molar-refractivity contribution in [2.45, 2.75) is 18.9 Å². The summed E-state index contributed by atoms with van der Waals surface area (Å²) in [7, 11) is 0. The Morgan fingerprint density at radius 1 is 1.15 bits per heavy atom. The zero-order chi connectivity index (χ0) is 17.5. The molecule has 3 heterocycles. The average molecular weight is 383 g/mol. The van der Waals surface area contributed by atoms with Gasteiger partial charge in [0.25, 0.3) is 5.76 Å². The first kappa shape index (κ1) is 20.2. The number of nitrogens with one attached hydrogen (secondary N) is 1. The molecule has 0 spiro atoms. The van der Waals surface area contributed by atoms with Crippen LogP contribution in [0.5, 0.6) is 0 Å². The topological polar surface area (TPSA) is 84.0 Å². The zero-order valence-electron chi connectivity index (χ0n) is 14.4. The van der Waals surface area contributed by atoms with Crippen molar-refractivity contribution in [3.63, 3.8) is 0 Å². The lowest BCUT2D eigenvalue weighted by molar-refractivity contribution is -0.191. The maximum atomic E-state index is 12.1. The Balaban J connectivity index is 0.00000243. The molecule has 0 unspecified atom stereocenters. The number of nitrogens with zero attached hydrogens (tertiary/aromatic N) is 3. The van der Waals surface area contributed by atoms with E-state index in [1.807, 2.05) is 12.1 Å². The third-order valence-electron chi connectivity index (χ3n) is 4.33. The Bertz CT molecular complexity index is 625. The molecule has 0 aromatic carbocycles. The number of carbonyl (C=O) groups excluding carboxylic acids is 2. The minimum absolute atomic E-state index is 0. The van der Waals surface area contributed by atoms with Gasteiger partial charge in [-0.15, -0.1) is 17.5 Å². The van der Waals surface area contributed by atoms with Gasteiger partial charge >= 0.3 is 5.97 Å². The number of ether oxygens (including phenoxy) is 1. The number of piperidine rings is 1. The predicted molar refractivity (Wildman–Crippen MR) is 97.5 cm³/mol. The number of piperazine rings is 1. The maximum Gasteiger partial charge on any atom is 0.404 e. The summed E-state index contributed by atoms with van der Waals surface area (Å²) in [6.45, 7) is 4.14. The van der Waals surface area contributed by atoms with Crippen molar-refractivity contribution in [2.24, 2.45) is 0 Å². The molecule has 0 aliphatic carbocycles. The smallest absolute Gasteiger partial charge is 0.404 e. The van der Waals surface area contributed by atoms with Gasteiger partial charge in [0, 0.05) is 31.2 Å². The van der Waals surface area contributed by atoms with Gasteiger partial charge < -0.3 is 19.8 Å². The molecular weight excluding hydrogens is 360 g/mol. The van der Waals surface area contributed by atoms with E-state index in [1.54, 1.807) is 23.4 Å². The molecule has 0 saturated carbocycles. The van der Waals surface area contributed by atoms with Gasteiger partial charge in [0.1, 0.15) is 6.10 Å². The van der Waals surface area contributed by atoms with E-state index in [2.05, 4.69) is 15.2 Å². The van der Waals surface area contributed by atoms with Crippen LogP contribution in [0.3, 0.4) is 0 Å². The van der Waals surface area contributed by atoms with Crippen molar-refractivity contribution in [1.82, 2.24) is 15.4 Å². The molecule has 0 amide bonds. The third kappa shape index (κ3) is 5.44. The molecular formula is C17H23ClN4O4. The lowest BCUT2D eigenvalue weighted by Crippen LogP contribution is -2.47. The average Bonchev–Trinajstić information content (AvgIpc) is 2.68. The van der Waals surface area contributed by atoms with Gasteiger partial charge in [0.15, 0.2) is 5.94 Å². The fraction of sp³-hybridized carbons (Fsp3) is 0.529. The summed E-state index contributed by atoms with van der Waals surface area (Å²) in [5.41, 5.74) is 1.09. The highest BCUT2D eigenvalue weighted by Crippen LogP contribution is 2.16. The zero-order valence-corrected chi connectivity index (χ0v) is 15.2. The van der Waals surface area contributed by atoms with E-state index in [4.69, 9.17) is 9.57 Å². The van der Waals surface area contributed by atoms with Crippen LogP contribution in [0, 0.1) is 0 Å². The Hall–Kier alpha value is -2.12. The number of rotatable bonds is 5. The van der Waals surface area contributed by atoms with Crippen LogP contribution in [0.25, 0.3) is 0 Å². The van der Waals surface area contributed by atoms with E-state index in [9.17, 15) is 9.59 Å². The first-order valence-electron chi connectivity index (χ1n) is 8.51. The molecule has 3 rings (SSSR count). The summed E-state index contributed by atoms with van der Waals surface area (Å²) in [5.74, 6) is 0.435. The second kappa shape index (κ2) is 10.1. The number of hydrogen-bond acceptors (Lipinski definition) is 8. The van der Waals surface area contributed by atoms with Crippen LogP contribution in [-0.2, 0) is 19.2 Å². The molecule has 0 bridgehead atoms. The van der Waals surface area contributed by atoms with Gasteiger partial charge in [-0.05, 0) is 38.1 Å². The van der Waals surface area contributed by atoms with E-state index in [-0.39, 0.29) is 24.3 Å². The fourth-order valence-electron chi connectivity index (χ4n) is 2.94. The maximum absolute atomic E-state index is 12.1. The molecule has 2 aliphatic heterocycles. The molecule has 0 radical (unpaired) electrons. The van der Waals surface area contributed by atoms with E-state index in [0.29, 0.717) is 26.2 Å². The van der Waals surface area contributed by atoms with Gasteiger partial charge in [0.05, 0.1) is 13.1 Å². The van der Waals surface area contributed by atoms with Crippen LogP contribution in [0.15, 0.2) is 30.3 Å². The monoisotopic (exact) mass is 382 g/mol. The van der Waals surface area contributed by atoms with Crippen LogP contribution in [0.4, 0.5) is 5.69 Å². The molecule has 142 valence electrons.